The van der Waals surface area contributed by atoms with Crippen LogP contribution >= 0.6 is 0 Å². The third kappa shape index (κ3) is 3.10. The van der Waals surface area contributed by atoms with Crippen LogP contribution in [0.2, 0.25) is 0 Å². The van der Waals surface area contributed by atoms with E-state index < -0.39 is 0 Å². The summed E-state index contributed by atoms with van der Waals surface area (Å²) in [4.78, 5) is 3.97. The summed E-state index contributed by atoms with van der Waals surface area (Å²) in [6.45, 7) is 5.80. The summed E-state index contributed by atoms with van der Waals surface area (Å²) in [6.07, 6.45) is 2.99. The zero-order chi connectivity index (χ0) is 13.0. The molecule has 2 heterocycles. The highest BCUT2D eigenvalue weighted by atomic mass is 19.1. The minimum Gasteiger partial charge on any atom is -0.313 e. The number of halogens is 1. The van der Waals surface area contributed by atoms with Gasteiger partial charge in [-0.2, -0.15) is 0 Å². The average Bonchev–Trinajstić information content (AvgIpc) is 2.78. The second kappa shape index (κ2) is 5.68. The number of likely N-dealkylation sites (N-methyl/N-ethyl adjacent to an activating group) is 1. The van der Waals surface area contributed by atoms with E-state index in [1.807, 2.05) is 6.20 Å². The Morgan fingerprint density at radius 1 is 1.39 bits per heavy atom. The molecule has 0 aliphatic heterocycles. The van der Waals surface area contributed by atoms with Crippen molar-refractivity contribution in [1.29, 1.82) is 0 Å². The van der Waals surface area contributed by atoms with Crippen molar-refractivity contribution in [2.24, 2.45) is 0 Å². The van der Waals surface area contributed by atoms with E-state index in [9.17, 15) is 4.39 Å². The SMILES string of the molecule is CCN[C@@H](C)Cn1cc(-c2ccc(F)cn2)nn1. The van der Waals surface area contributed by atoms with Gasteiger partial charge in [0.1, 0.15) is 11.5 Å². The number of nitrogens with zero attached hydrogens (tertiary/aromatic N) is 4. The molecule has 0 aromatic carbocycles. The Morgan fingerprint density at radius 3 is 2.89 bits per heavy atom. The first-order valence-corrected chi connectivity index (χ1v) is 5.94. The van der Waals surface area contributed by atoms with Gasteiger partial charge in [0.15, 0.2) is 0 Å². The van der Waals surface area contributed by atoms with Crippen LogP contribution in [0.15, 0.2) is 24.5 Å². The highest BCUT2D eigenvalue weighted by Crippen LogP contribution is 2.12. The first-order chi connectivity index (χ1) is 8.69. The number of hydrogen-bond acceptors (Lipinski definition) is 4. The highest BCUT2D eigenvalue weighted by Gasteiger charge is 2.07. The number of rotatable bonds is 5. The summed E-state index contributed by atoms with van der Waals surface area (Å²) in [5.74, 6) is -0.355. The van der Waals surface area contributed by atoms with E-state index in [0.29, 0.717) is 17.4 Å². The quantitative estimate of drug-likeness (QED) is 0.872. The molecule has 2 aromatic heterocycles. The number of pyridine rings is 1. The second-order valence-corrected chi connectivity index (χ2v) is 4.15. The largest absolute Gasteiger partial charge is 0.313 e. The zero-order valence-corrected chi connectivity index (χ0v) is 10.5. The first kappa shape index (κ1) is 12.6. The van der Waals surface area contributed by atoms with Crippen molar-refractivity contribution in [2.75, 3.05) is 6.54 Å². The summed E-state index contributed by atoms with van der Waals surface area (Å²) in [5, 5.41) is 11.4. The van der Waals surface area contributed by atoms with Crippen LogP contribution in [-0.4, -0.2) is 32.6 Å². The van der Waals surface area contributed by atoms with Crippen LogP contribution in [0.3, 0.4) is 0 Å². The predicted molar refractivity (Wildman–Crippen MR) is 66.3 cm³/mol. The molecule has 96 valence electrons. The van der Waals surface area contributed by atoms with E-state index in [1.165, 1.54) is 12.3 Å². The van der Waals surface area contributed by atoms with E-state index in [0.717, 1.165) is 13.1 Å². The molecule has 0 amide bonds. The summed E-state index contributed by atoms with van der Waals surface area (Å²) >= 11 is 0. The summed E-state index contributed by atoms with van der Waals surface area (Å²) < 4.78 is 14.5. The van der Waals surface area contributed by atoms with Crippen molar-refractivity contribution < 1.29 is 4.39 Å². The molecule has 0 spiro atoms. The van der Waals surface area contributed by atoms with Crippen LogP contribution in [0, 0.1) is 5.82 Å². The van der Waals surface area contributed by atoms with E-state index >= 15 is 0 Å². The van der Waals surface area contributed by atoms with Crippen molar-refractivity contribution in [3.8, 4) is 11.4 Å². The summed E-state index contributed by atoms with van der Waals surface area (Å²) in [5.41, 5.74) is 1.28. The molecular weight excluding hydrogens is 233 g/mol. The third-order valence-electron chi connectivity index (χ3n) is 2.54. The summed E-state index contributed by atoms with van der Waals surface area (Å²) in [7, 11) is 0. The maximum atomic E-state index is 12.8. The Kier molecular flexibility index (Phi) is 3.99. The molecule has 0 fully saturated rings. The molecule has 1 N–H and O–H groups in total. The molecule has 6 heteroatoms. The van der Waals surface area contributed by atoms with Crippen molar-refractivity contribution in [3.05, 3.63) is 30.3 Å². The van der Waals surface area contributed by atoms with Gasteiger partial charge in [-0.1, -0.05) is 12.1 Å². The monoisotopic (exact) mass is 249 g/mol. The van der Waals surface area contributed by atoms with Gasteiger partial charge >= 0.3 is 0 Å². The Bertz CT molecular complexity index is 493. The predicted octanol–water partition coefficient (Wildman–Crippen LogP) is 1.48. The van der Waals surface area contributed by atoms with Crippen molar-refractivity contribution in [2.45, 2.75) is 26.4 Å². The molecule has 0 aliphatic carbocycles. The van der Waals surface area contributed by atoms with Crippen molar-refractivity contribution in [3.63, 3.8) is 0 Å². The Balaban J connectivity index is 2.08. The molecule has 0 bridgehead atoms. The van der Waals surface area contributed by atoms with Crippen LogP contribution in [0.1, 0.15) is 13.8 Å². The topological polar surface area (TPSA) is 55.6 Å². The molecule has 2 aromatic rings. The fraction of sp³-hybridized carbons (Fsp3) is 0.417. The molecule has 0 saturated carbocycles. The van der Waals surface area contributed by atoms with Gasteiger partial charge in [0.05, 0.1) is 24.6 Å². The molecule has 5 nitrogen and oxygen atoms in total. The molecule has 18 heavy (non-hydrogen) atoms. The van der Waals surface area contributed by atoms with Gasteiger partial charge in [-0.05, 0) is 25.6 Å². The Labute approximate surface area is 105 Å². The van der Waals surface area contributed by atoms with Gasteiger partial charge in [-0.15, -0.1) is 5.10 Å². The van der Waals surface area contributed by atoms with E-state index in [2.05, 4.69) is 34.5 Å². The van der Waals surface area contributed by atoms with Gasteiger partial charge in [0, 0.05) is 6.04 Å². The number of aromatic nitrogens is 4. The zero-order valence-electron chi connectivity index (χ0n) is 10.5. The standard InChI is InChI=1S/C12H16FN5/c1-3-14-9(2)7-18-8-12(16-17-18)11-5-4-10(13)6-15-11/h4-6,8-9,14H,3,7H2,1-2H3/t9-/m0/s1. The van der Waals surface area contributed by atoms with Crippen LogP contribution in [-0.2, 0) is 6.54 Å². The maximum Gasteiger partial charge on any atom is 0.141 e. The first-order valence-electron chi connectivity index (χ1n) is 5.94. The van der Waals surface area contributed by atoms with Crippen LogP contribution < -0.4 is 5.32 Å². The number of hydrogen-bond donors (Lipinski definition) is 1. The minimum atomic E-state index is -0.355. The van der Waals surface area contributed by atoms with Crippen molar-refractivity contribution in [1.82, 2.24) is 25.3 Å². The maximum absolute atomic E-state index is 12.8. The minimum absolute atomic E-state index is 0.325. The van der Waals surface area contributed by atoms with Gasteiger partial charge in [-0.25, -0.2) is 4.39 Å². The Hall–Kier alpha value is -1.82. The Morgan fingerprint density at radius 2 is 2.22 bits per heavy atom. The average molecular weight is 249 g/mol. The third-order valence-corrected chi connectivity index (χ3v) is 2.54. The lowest BCUT2D eigenvalue weighted by molar-refractivity contribution is 0.453. The van der Waals surface area contributed by atoms with Gasteiger partial charge in [0.25, 0.3) is 0 Å². The lowest BCUT2D eigenvalue weighted by Gasteiger charge is -2.10. The van der Waals surface area contributed by atoms with Gasteiger partial charge in [0.2, 0.25) is 0 Å². The normalized spacial score (nSPS) is 12.6. The summed E-state index contributed by atoms with van der Waals surface area (Å²) in [6, 6.07) is 3.28. The van der Waals surface area contributed by atoms with Crippen LogP contribution in [0.4, 0.5) is 4.39 Å². The van der Waals surface area contributed by atoms with Gasteiger partial charge < -0.3 is 5.32 Å². The number of nitrogens with one attached hydrogen (secondary N) is 1. The van der Waals surface area contributed by atoms with Crippen LogP contribution in [0.5, 0.6) is 0 Å². The van der Waals surface area contributed by atoms with Crippen molar-refractivity contribution >= 4 is 0 Å². The highest BCUT2D eigenvalue weighted by molar-refractivity contribution is 5.51. The molecule has 0 unspecified atom stereocenters. The lowest BCUT2D eigenvalue weighted by Crippen LogP contribution is -2.30. The van der Waals surface area contributed by atoms with Gasteiger partial charge in [-0.3, -0.25) is 9.67 Å². The van der Waals surface area contributed by atoms with E-state index in [-0.39, 0.29) is 5.82 Å². The van der Waals surface area contributed by atoms with E-state index in [1.54, 1.807) is 10.7 Å². The molecular formula is C12H16FN5. The molecule has 0 aliphatic rings. The molecule has 0 radical (unpaired) electrons. The fourth-order valence-electron chi connectivity index (χ4n) is 1.73. The van der Waals surface area contributed by atoms with E-state index in [4.69, 9.17) is 0 Å². The molecule has 0 saturated heterocycles. The molecule has 2 rings (SSSR count). The lowest BCUT2D eigenvalue weighted by atomic mass is 10.3. The van der Waals surface area contributed by atoms with Crippen LogP contribution in [0.25, 0.3) is 11.4 Å². The smallest absolute Gasteiger partial charge is 0.141 e. The fourth-order valence-corrected chi connectivity index (χ4v) is 1.73. The second-order valence-electron chi connectivity index (χ2n) is 4.15. The molecule has 1 atom stereocenters.